The van der Waals surface area contributed by atoms with Crippen molar-refractivity contribution in [2.45, 2.75) is 26.5 Å². The Morgan fingerprint density at radius 2 is 1.73 bits per heavy atom. The van der Waals surface area contributed by atoms with Crippen LogP contribution in [0.3, 0.4) is 0 Å². The number of piperazine rings is 1. The molecule has 1 unspecified atom stereocenters. The fourth-order valence-corrected chi connectivity index (χ4v) is 3.56. The van der Waals surface area contributed by atoms with E-state index >= 15 is 0 Å². The first-order chi connectivity index (χ1) is 14.4. The van der Waals surface area contributed by atoms with Crippen LogP contribution in [-0.2, 0) is 16.1 Å². The lowest BCUT2D eigenvalue weighted by atomic mass is 10.1. The smallest absolute Gasteiger partial charge is 0.346 e. The summed E-state index contributed by atoms with van der Waals surface area (Å²) in [5.41, 5.74) is 1.21. The van der Waals surface area contributed by atoms with Gasteiger partial charge in [0.05, 0.1) is 4.92 Å². The molecule has 3 rings (SSSR count). The third kappa shape index (κ3) is 5.01. The number of aryl methyl sites for hydroxylation is 1. The molecule has 1 aliphatic rings. The third-order valence-corrected chi connectivity index (χ3v) is 5.22. The lowest BCUT2D eigenvalue weighted by molar-refractivity contribution is -0.385. The van der Waals surface area contributed by atoms with Crippen molar-refractivity contribution in [3.05, 3.63) is 75.3 Å². The summed E-state index contributed by atoms with van der Waals surface area (Å²) in [5.74, 6) is -1.15. The van der Waals surface area contributed by atoms with Gasteiger partial charge in [-0.15, -0.1) is 0 Å². The topological polar surface area (TPSA) is 93.0 Å². The highest BCUT2D eigenvalue weighted by Gasteiger charge is 2.30. The zero-order chi connectivity index (χ0) is 21.7. The first-order valence-corrected chi connectivity index (χ1v) is 9.87. The Morgan fingerprint density at radius 3 is 2.37 bits per heavy atom. The van der Waals surface area contributed by atoms with E-state index in [4.69, 9.17) is 4.74 Å². The number of carbonyl (C=O) groups is 2. The van der Waals surface area contributed by atoms with E-state index in [9.17, 15) is 19.7 Å². The van der Waals surface area contributed by atoms with Crippen LogP contribution in [0.25, 0.3) is 0 Å². The van der Waals surface area contributed by atoms with Crippen LogP contribution in [0.2, 0.25) is 0 Å². The molecule has 2 aromatic carbocycles. The minimum atomic E-state index is -1.02. The molecule has 0 aliphatic carbocycles. The predicted octanol–water partition coefficient (Wildman–Crippen LogP) is 2.79. The van der Waals surface area contributed by atoms with Crippen LogP contribution in [0, 0.1) is 17.0 Å². The summed E-state index contributed by atoms with van der Waals surface area (Å²) >= 11 is 0. The van der Waals surface area contributed by atoms with Crippen LogP contribution in [0.1, 0.15) is 28.4 Å². The maximum atomic E-state index is 12.7. The van der Waals surface area contributed by atoms with Gasteiger partial charge in [-0.3, -0.25) is 19.8 Å². The number of benzene rings is 2. The molecule has 1 saturated heterocycles. The van der Waals surface area contributed by atoms with E-state index in [1.807, 2.05) is 18.2 Å². The van der Waals surface area contributed by atoms with Crippen molar-refractivity contribution in [1.82, 2.24) is 9.80 Å². The molecule has 1 atom stereocenters. The Kier molecular flexibility index (Phi) is 6.79. The molecule has 8 heteroatoms. The first kappa shape index (κ1) is 21.4. The lowest BCUT2D eigenvalue weighted by Gasteiger charge is -2.35. The van der Waals surface area contributed by atoms with Gasteiger partial charge in [0, 0.05) is 38.8 Å². The molecule has 0 aromatic heterocycles. The number of amides is 1. The van der Waals surface area contributed by atoms with Crippen molar-refractivity contribution in [3.8, 4) is 0 Å². The molecule has 158 valence electrons. The highest BCUT2D eigenvalue weighted by molar-refractivity contribution is 5.97. The molecule has 0 saturated carbocycles. The fourth-order valence-electron chi connectivity index (χ4n) is 3.56. The maximum Gasteiger partial charge on any atom is 0.346 e. The normalized spacial score (nSPS) is 15.5. The number of ether oxygens (including phenoxy) is 1. The Balaban J connectivity index is 1.57. The zero-order valence-electron chi connectivity index (χ0n) is 17.1. The average Bonchev–Trinajstić information content (AvgIpc) is 2.74. The van der Waals surface area contributed by atoms with Gasteiger partial charge in [-0.2, -0.15) is 0 Å². The van der Waals surface area contributed by atoms with E-state index in [1.165, 1.54) is 24.6 Å². The number of nitro groups is 1. The molecule has 2 aromatic rings. The van der Waals surface area contributed by atoms with Gasteiger partial charge in [-0.1, -0.05) is 42.5 Å². The van der Waals surface area contributed by atoms with E-state index in [0.717, 1.165) is 19.6 Å². The van der Waals surface area contributed by atoms with Crippen molar-refractivity contribution < 1.29 is 19.2 Å². The van der Waals surface area contributed by atoms with Gasteiger partial charge in [-0.25, -0.2) is 4.79 Å². The minimum absolute atomic E-state index is 0.116. The van der Waals surface area contributed by atoms with Crippen LogP contribution in [0.4, 0.5) is 5.69 Å². The second kappa shape index (κ2) is 9.49. The molecule has 0 radical (unpaired) electrons. The number of nitrogens with zero attached hydrogens (tertiary/aromatic N) is 3. The molecule has 1 fully saturated rings. The number of rotatable bonds is 6. The number of carbonyl (C=O) groups excluding carboxylic acids is 2. The van der Waals surface area contributed by atoms with Gasteiger partial charge >= 0.3 is 5.97 Å². The molecule has 8 nitrogen and oxygen atoms in total. The summed E-state index contributed by atoms with van der Waals surface area (Å²) in [6.45, 7) is 6.46. The molecular weight excluding hydrogens is 386 g/mol. The van der Waals surface area contributed by atoms with Gasteiger partial charge in [0.15, 0.2) is 6.10 Å². The van der Waals surface area contributed by atoms with Crippen LogP contribution in [0.5, 0.6) is 0 Å². The molecule has 0 spiro atoms. The van der Waals surface area contributed by atoms with Crippen molar-refractivity contribution in [1.29, 1.82) is 0 Å². The maximum absolute atomic E-state index is 12.7. The monoisotopic (exact) mass is 411 g/mol. The summed E-state index contributed by atoms with van der Waals surface area (Å²) in [6.07, 6.45) is -1.02. The summed E-state index contributed by atoms with van der Waals surface area (Å²) < 4.78 is 5.30. The summed E-state index contributed by atoms with van der Waals surface area (Å²) in [7, 11) is 0. The highest BCUT2D eigenvalue weighted by Crippen LogP contribution is 2.23. The summed E-state index contributed by atoms with van der Waals surface area (Å²) in [4.78, 5) is 39.8. The molecule has 1 heterocycles. The lowest BCUT2D eigenvalue weighted by Crippen LogP contribution is -2.51. The molecular formula is C22H25N3O5. The summed E-state index contributed by atoms with van der Waals surface area (Å²) in [5, 5.41) is 11.2. The number of hydrogen-bond donors (Lipinski definition) is 0. The van der Waals surface area contributed by atoms with Gasteiger partial charge in [0.25, 0.3) is 11.6 Å². The zero-order valence-corrected chi connectivity index (χ0v) is 17.1. The number of nitro benzene ring substituents is 1. The average molecular weight is 411 g/mol. The minimum Gasteiger partial charge on any atom is -0.449 e. The third-order valence-electron chi connectivity index (χ3n) is 5.22. The van der Waals surface area contributed by atoms with Crippen LogP contribution >= 0.6 is 0 Å². The Labute approximate surface area is 175 Å². The van der Waals surface area contributed by atoms with Gasteiger partial charge < -0.3 is 9.64 Å². The van der Waals surface area contributed by atoms with E-state index in [2.05, 4.69) is 17.0 Å². The molecule has 30 heavy (non-hydrogen) atoms. The van der Waals surface area contributed by atoms with Crippen molar-refractivity contribution in [2.75, 3.05) is 26.2 Å². The Morgan fingerprint density at radius 1 is 1.07 bits per heavy atom. The van der Waals surface area contributed by atoms with Crippen LogP contribution in [-0.4, -0.2) is 58.9 Å². The van der Waals surface area contributed by atoms with E-state index < -0.39 is 17.0 Å². The quantitative estimate of drug-likeness (QED) is 0.412. The van der Waals surface area contributed by atoms with Crippen LogP contribution < -0.4 is 0 Å². The van der Waals surface area contributed by atoms with E-state index in [0.29, 0.717) is 18.7 Å². The number of esters is 1. The van der Waals surface area contributed by atoms with Gasteiger partial charge in [0.1, 0.15) is 5.56 Å². The second-order valence-electron chi connectivity index (χ2n) is 7.36. The first-order valence-electron chi connectivity index (χ1n) is 9.87. The second-order valence-corrected chi connectivity index (χ2v) is 7.36. The van der Waals surface area contributed by atoms with E-state index in [-0.39, 0.29) is 17.2 Å². The Hall–Kier alpha value is -3.26. The van der Waals surface area contributed by atoms with Crippen LogP contribution in [0.15, 0.2) is 48.5 Å². The Bertz CT molecular complexity index is 924. The van der Waals surface area contributed by atoms with Crippen molar-refractivity contribution in [2.24, 2.45) is 0 Å². The number of hydrogen-bond acceptors (Lipinski definition) is 6. The van der Waals surface area contributed by atoms with Gasteiger partial charge in [0.2, 0.25) is 0 Å². The van der Waals surface area contributed by atoms with Crippen molar-refractivity contribution >= 4 is 17.6 Å². The molecule has 1 amide bonds. The largest absolute Gasteiger partial charge is 0.449 e. The highest BCUT2D eigenvalue weighted by atomic mass is 16.6. The summed E-state index contributed by atoms with van der Waals surface area (Å²) in [6, 6.07) is 14.5. The molecule has 1 aliphatic heterocycles. The fraction of sp³-hybridized carbons (Fsp3) is 0.364. The SMILES string of the molecule is Cc1cccc([N+](=O)[O-])c1C(=O)OC(C)C(=O)N1CCN(Cc2ccccc2)CC1. The van der Waals surface area contributed by atoms with Gasteiger partial charge in [-0.05, 0) is 25.0 Å². The standard InChI is InChI=1S/C22H25N3O5/c1-16-7-6-10-19(25(28)29)20(16)22(27)30-17(2)21(26)24-13-11-23(12-14-24)15-18-8-4-3-5-9-18/h3-10,17H,11-15H2,1-2H3. The molecule has 0 N–H and O–H groups in total. The molecule has 0 bridgehead atoms. The van der Waals surface area contributed by atoms with Crippen molar-refractivity contribution in [3.63, 3.8) is 0 Å². The predicted molar refractivity (Wildman–Crippen MR) is 111 cm³/mol. The van der Waals surface area contributed by atoms with E-state index in [1.54, 1.807) is 17.9 Å².